The summed E-state index contributed by atoms with van der Waals surface area (Å²) in [4.78, 5) is 30.1. The number of hydrogen-bond acceptors (Lipinski definition) is 3. The van der Waals surface area contributed by atoms with Crippen LogP contribution in [0.2, 0.25) is 0 Å². The van der Waals surface area contributed by atoms with Crippen LogP contribution in [0.5, 0.6) is 0 Å². The van der Waals surface area contributed by atoms with Crippen LogP contribution in [0, 0.1) is 0 Å². The van der Waals surface area contributed by atoms with Gasteiger partial charge in [0.2, 0.25) is 12.3 Å². The van der Waals surface area contributed by atoms with Crippen LogP contribution in [-0.2, 0) is 16.0 Å². The van der Waals surface area contributed by atoms with Gasteiger partial charge in [0.05, 0.1) is 0 Å². The van der Waals surface area contributed by atoms with E-state index in [-0.39, 0.29) is 17.5 Å². The van der Waals surface area contributed by atoms with E-state index in [2.05, 4.69) is 73.0 Å². The van der Waals surface area contributed by atoms with Crippen molar-refractivity contribution in [2.24, 2.45) is 0 Å². The van der Waals surface area contributed by atoms with Crippen molar-refractivity contribution in [2.75, 3.05) is 26.7 Å². The molecule has 2 fully saturated rings. The minimum absolute atomic E-state index is 0.0973. The van der Waals surface area contributed by atoms with Crippen LogP contribution in [0.15, 0.2) is 103 Å². The third-order valence-electron chi connectivity index (χ3n) is 7.99. The quantitative estimate of drug-likeness (QED) is 0.250. The summed E-state index contributed by atoms with van der Waals surface area (Å²) in [5.74, 6) is 0.0973. The van der Waals surface area contributed by atoms with Crippen LogP contribution in [0.1, 0.15) is 65.4 Å². The molecule has 2 saturated heterocycles. The number of hydrogen-bond donors (Lipinski definition) is 0. The largest absolute Gasteiger partial charge is 0.374 e. The summed E-state index contributed by atoms with van der Waals surface area (Å²) in [7, 11) is 1.91. The Bertz CT molecular complexity index is 1100. The second kappa shape index (κ2) is 18.0. The summed E-state index contributed by atoms with van der Waals surface area (Å²) in [6.07, 6.45) is 25.0. The zero-order valence-corrected chi connectivity index (χ0v) is 26.0. The fourth-order valence-corrected chi connectivity index (χ4v) is 5.30. The van der Waals surface area contributed by atoms with Crippen molar-refractivity contribution in [1.82, 2.24) is 14.7 Å². The molecule has 2 aliphatic heterocycles. The Hall–Kier alpha value is -3.60. The molecular weight excluding hydrogens is 506 g/mol. The average molecular weight is 558 g/mol. The lowest BCUT2D eigenvalue weighted by Gasteiger charge is -2.47. The lowest BCUT2D eigenvalue weighted by molar-refractivity contribution is -0.144. The van der Waals surface area contributed by atoms with Crippen molar-refractivity contribution in [3.8, 4) is 0 Å². The third-order valence-corrected chi connectivity index (χ3v) is 7.99. The number of carbonyl (C=O) groups excluding carboxylic acids is 2. The maximum atomic E-state index is 12.9. The molecule has 3 aliphatic rings. The SMILES string of the molecule is C=C(/C=C\C=C/C)Cc1ccccc1.CC.CN(C(=O)C1CCCN1C=O)C1(C)CCN(C2=CC=CC=CC2)CC1. The number of nitrogens with zero attached hydrogens (tertiary/aromatic N) is 3. The van der Waals surface area contributed by atoms with Crippen LogP contribution in [0.4, 0.5) is 0 Å². The minimum atomic E-state index is -0.266. The molecular formula is C36H51N3O2. The Morgan fingerprint density at radius 1 is 1.07 bits per heavy atom. The van der Waals surface area contributed by atoms with Crippen molar-refractivity contribution < 1.29 is 9.59 Å². The van der Waals surface area contributed by atoms with Crippen LogP contribution >= 0.6 is 0 Å². The van der Waals surface area contributed by atoms with Gasteiger partial charge in [-0.1, -0.05) is 105 Å². The number of benzene rings is 1. The van der Waals surface area contributed by atoms with E-state index < -0.39 is 0 Å². The van der Waals surface area contributed by atoms with Gasteiger partial charge in [-0.25, -0.2) is 0 Å². The van der Waals surface area contributed by atoms with Crippen LogP contribution in [-0.4, -0.2) is 65.3 Å². The summed E-state index contributed by atoms with van der Waals surface area (Å²) < 4.78 is 0. The fourth-order valence-electron chi connectivity index (χ4n) is 5.30. The number of piperidine rings is 1. The Morgan fingerprint density at radius 3 is 2.44 bits per heavy atom. The molecule has 1 atom stereocenters. The molecule has 222 valence electrons. The zero-order chi connectivity index (χ0) is 30.1. The van der Waals surface area contributed by atoms with Crippen LogP contribution < -0.4 is 0 Å². The molecule has 1 unspecified atom stereocenters. The first kappa shape index (κ1) is 33.6. The summed E-state index contributed by atoms with van der Waals surface area (Å²) in [6.45, 7) is 14.8. The monoisotopic (exact) mass is 557 g/mol. The normalized spacial score (nSPS) is 19.5. The van der Waals surface area contributed by atoms with Gasteiger partial charge in [-0.15, -0.1) is 0 Å². The van der Waals surface area contributed by atoms with E-state index >= 15 is 0 Å². The van der Waals surface area contributed by atoms with E-state index in [1.165, 1.54) is 11.3 Å². The van der Waals surface area contributed by atoms with Crippen molar-refractivity contribution in [3.05, 3.63) is 108 Å². The molecule has 1 aromatic rings. The molecule has 0 N–H and O–H groups in total. The predicted molar refractivity (Wildman–Crippen MR) is 173 cm³/mol. The highest BCUT2D eigenvalue weighted by atomic mass is 16.2. The summed E-state index contributed by atoms with van der Waals surface area (Å²) in [6, 6.07) is 10.1. The second-order valence-corrected chi connectivity index (χ2v) is 10.8. The van der Waals surface area contributed by atoms with Gasteiger partial charge in [0, 0.05) is 44.3 Å². The molecule has 41 heavy (non-hydrogen) atoms. The Kier molecular flexibility index (Phi) is 14.7. The molecule has 5 nitrogen and oxygen atoms in total. The summed E-state index contributed by atoms with van der Waals surface area (Å²) in [5.41, 5.74) is 3.66. The van der Waals surface area contributed by atoms with E-state index in [4.69, 9.17) is 0 Å². The van der Waals surface area contributed by atoms with E-state index in [1.54, 1.807) is 4.90 Å². The zero-order valence-electron chi connectivity index (χ0n) is 26.0. The van der Waals surface area contributed by atoms with E-state index in [9.17, 15) is 9.59 Å². The van der Waals surface area contributed by atoms with Gasteiger partial charge in [-0.3, -0.25) is 9.59 Å². The number of rotatable bonds is 8. The topological polar surface area (TPSA) is 43.9 Å². The first-order valence-electron chi connectivity index (χ1n) is 15.1. The highest BCUT2D eigenvalue weighted by Crippen LogP contribution is 2.32. The first-order chi connectivity index (χ1) is 19.9. The van der Waals surface area contributed by atoms with Crippen LogP contribution in [0.3, 0.4) is 0 Å². The van der Waals surface area contributed by atoms with Crippen molar-refractivity contribution in [3.63, 3.8) is 0 Å². The number of allylic oxidation sites excluding steroid dienone is 10. The lowest BCUT2D eigenvalue weighted by Crippen LogP contribution is -2.57. The van der Waals surface area contributed by atoms with Crippen LogP contribution in [0.25, 0.3) is 0 Å². The Labute approximate surface area is 249 Å². The third kappa shape index (κ3) is 10.4. The molecule has 4 rings (SSSR count). The maximum Gasteiger partial charge on any atom is 0.245 e. The predicted octanol–water partition coefficient (Wildman–Crippen LogP) is 7.26. The molecule has 0 aromatic heterocycles. The molecule has 0 radical (unpaired) electrons. The highest BCUT2D eigenvalue weighted by Gasteiger charge is 2.41. The van der Waals surface area contributed by atoms with Gasteiger partial charge in [0.15, 0.2) is 0 Å². The average Bonchev–Trinajstić information content (AvgIpc) is 3.32. The smallest absolute Gasteiger partial charge is 0.245 e. The molecule has 0 spiro atoms. The minimum Gasteiger partial charge on any atom is -0.374 e. The molecule has 1 aliphatic carbocycles. The van der Waals surface area contributed by atoms with Gasteiger partial charge in [-0.05, 0) is 57.6 Å². The highest BCUT2D eigenvalue weighted by molar-refractivity contribution is 5.84. The van der Waals surface area contributed by atoms with Crippen molar-refractivity contribution in [2.45, 2.75) is 77.8 Å². The van der Waals surface area contributed by atoms with Crippen molar-refractivity contribution in [1.29, 1.82) is 0 Å². The van der Waals surface area contributed by atoms with Gasteiger partial charge in [-0.2, -0.15) is 0 Å². The van der Waals surface area contributed by atoms with Crippen molar-refractivity contribution >= 4 is 12.3 Å². The summed E-state index contributed by atoms with van der Waals surface area (Å²) >= 11 is 0. The van der Waals surface area contributed by atoms with E-state index in [0.717, 1.165) is 63.6 Å². The molecule has 0 saturated carbocycles. The van der Waals surface area contributed by atoms with E-state index in [1.807, 2.05) is 63.1 Å². The lowest BCUT2D eigenvalue weighted by atomic mass is 9.87. The number of amides is 2. The molecule has 2 heterocycles. The molecule has 0 bridgehead atoms. The van der Waals surface area contributed by atoms with Gasteiger partial charge in [0.1, 0.15) is 6.04 Å². The fraction of sp³-hybridized carbons (Fsp3) is 0.444. The summed E-state index contributed by atoms with van der Waals surface area (Å²) in [5, 5.41) is 0. The van der Waals surface area contributed by atoms with E-state index in [0.29, 0.717) is 6.54 Å². The van der Waals surface area contributed by atoms with Gasteiger partial charge in [0.25, 0.3) is 0 Å². The Balaban J connectivity index is 0.000000312. The van der Waals surface area contributed by atoms with Gasteiger partial charge < -0.3 is 14.7 Å². The molecule has 1 aromatic carbocycles. The Morgan fingerprint density at radius 2 is 1.78 bits per heavy atom. The standard InChI is InChI=1S/C20H29N3O2.C14H16.C2H6/c1-20(21(2)19(25)18-10-7-13-23(18)16-24)11-14-22(15-12-20)17-8-5-3-4-6-9-17;1-3-4-6-9-13(2)12-14-10-7-5-8-11-14;1-2/h3-6,8,16,18H,7,9-15H2,1-2H3;3-11H,2,12H2,1H3;1-2H3/b;4-3-,9-6-;. The molecule has 5 heteroatoms. The second-order valence-electron chi connectivity index (χ2n) is 10.8. The maximum absolute atomic E-state index is 12.9. The number of carbonyl (C=O) groups is 2. The first-order valence-corrected chi connectivity index (χ1v) is 15.1. The number of likely N-dealkylation sites (N-methyl/N-ethyl adjacent to an activating group) is 1. The van der Waals surface area contributed by atoms with Gasteiger partial charge >= 0.3 is 0 Å². The number of likely N-dealkylation sites (tertiary alicyclic amines) is 2. The molecule has 2 amide bonds.